The van der Waals surface area contributed by atoms with Gasteiger partial charge in [0.2, 0.25) is 5.91 Å². The maximum absolute atomic E-state index is 13.0. The van der Waals surface area contributed by atoms with Gasteiger partial charge in [-0.25, -0.2) is 0 Å². The van der Waals surface area contributed by atoms with Gasteiger partial charge in [-0.15, -0.1) is 0 Å². The highest BCUT2D eigenvalue weighted by Crippen LogP contribution is 2.17. The summed E-state index contributed by atoms with van der Waals surface area (Å²) in [5, 5.41) is 2.82. The number of ether oxygens (including phenoxy) is 2. The summed E-state index contributed by atoms with van der Waals surface area (Å²) in [6.07, 6.45) is 0.511. The van der Waals surface area contributed by atoms with Crippen molar-refractivity contribution in [2.24, 2.45) is 0 Å². The van der Waals surface area contributed by atoms with E-state index < -0.39 is 6.04 Å². The summed E-state index contributed by atoms with van der Waals surface area (Å²) in [6, 6.07) is 14.4. The van der Waals surface area contributed by atoms with Crippen molar-refractivity contribution in [3.05, 3.63) is 57.7 Å². The number of halogens is 1. The lowest BCUT2D eigenvalue weighted by Gasteiger charge is -2.30. The minimum atomic E-state index is -0.565. The fourth-order valence-corrected chi connectivity index (χ4v) is 3.26. The van der Waals surface area contributed by atoms with Gasteiger partial charge in [-0.1, -0.05) is 19.1 Å². The van der Waals surface area contributed by atoms with E-state index in [1.165, 1.54) is 0 Å². The largest absolute Gasteiger partial charge is 0.497 e. The zero-order valence-corrected chi connectivity index (χ0v) is 19.1. The summed E-state index contributed by atoms with van der Waals surface area (Å²) in [5.41, 5.74) is 0.913. The van der Waals surface area contributed by atoms with Gasteiger partial charge in [0.15, 0.2) is 6.61 Å². The Balaban J connectivity index is 2.17. The summed E-state index contributed by atoms with van der Waals surface area (Å²) in [6.45, 7) is 4.45. The number of amides is 2. The van der Waals surface area contributed by atoms with Gasteiger partial charge in [-0.2, -0.15) is 0 Å². The average molecular weight is 510 g/mol. The average Bonchev–Trinajstić information content (AvgIpc) is 2.73. The van der Waals surface area contributed by atoms with Gasteiger partial charge in [0, 0.05) is 16.7 Å². The van der Waals surface area contributed by atoms with E-state index in [0.717, 1.165) is 14.9 Å². The normalized spacial score (nSPS) is 11.4. The number of nitrogens with zero attached hydrogens (tertiary/aromatic N) is 1. The molecule has 1 atom stereocenters. The van der Waals surface area contributed by atoms with Crippen molar-refractivity contribution in [3.8, 4) is 11.5 Å². The Bertz CT molecular complexity index is 793. The zero-order valence-electron chi connectivity index (χ0n) is 17.0. The van der Waals surface area contributed by atoms with Crippen LogP contribution in [0.1, 0.15) is 25.8 Å². The van der Waals surface area contributed by atoms with Gasteiger partial charge in [-0.3, -0.25) is 9.59 Å². The SMILES string of the molecule is CCNC(=O)[C@H](CC)N(Cc1ccc(OC)cc1)C(=O)COc1ccc(I)cc1. The Kier molecular flexibility index (Phi) is 9.24. The lowest BCUT2D eigenvalue weighted by Crippen LogP contribution is -2.50. The van der Waals surface area contributed by atoms with Gasteiger partial charge in [-0.05, 0) is 77.9 Å². The van der Waals surface area contributed by atoms with Gasteiger partial charge < -0.3 is 19.7 Å². The molecule has 2 rings (SSSR count). The molecule has 2 aromatic carbocycles. The second-order valence-corrected chi connectivity index (χ2v) is 7.68. The zero-order chi connectivity index (χ0) is 21.2. The number of likely N-dealkylation sites (N-methyl/N-ethyl adjacent to an activating group) is 1. The second kappa shape index (κ2) is 11.6. The topological polar surface area (TPSA) is 67.9 Å². The Morgan fingerprint density at radius 1 is 1.03 bits per heavy atom. The molecule has 0 saturated carbocycles. The van der Waals surface area contributed by atoms with Gasteiger partial charge >= 0.3 is 0 Å². The van der Waals surface area contributed by atoms with Crippen LogP contribution in [0, 0.1) is 3.57 Å². The van der Waals surface area contributed by atoms with Crippen LogP contribution in [0.2, 0.25) is 0 Å². The Hall–Kier alpha value is -2.29. The van der Waals surface area contributed by atoms with E-state index in [1.54, 1.807) is 12.0 Å². The molecule has 29 heavy (non-hydrogen) atoms. The van der Waals surface area contributed by atoms with Crippen LogP contribution in [0.4, 0.5) is 0 Å². The predicted octanol–water partition coefficient (Wildman–Crippen LogP) is 3.62. The molecular weight excluding hydrogens is 483 g/mol. The van der Waals surface area contributed by atoms with Gasteiger partial charge in [0.25, 0.3) is 5.91 Å². The van der Waals surface area contributed by atoms with Crippen molar-refractivity contribution in [2.75, 3.05) is 20.3 Å². The highest BCUT2D eigenvalue weighted by atomic mass is 127. The Labute approximate surface area is 185 Å². The summed E-state index contributed by atoms with van der Waals surface area (Å²) < 4.78 is 11.9. The molecule has 1 N–H and O–H groups in total. The van der Waals surface area contributed by atoms with Crippen LogP contribution < -0.4 is 14.8 Å². The second-order valence-electron chi connectivity index (χ2n) is 6.43. The highest BCUT2D eigenvalue weighted by Gasteiger charge is 2.28. The number of methoxy groups -OCH3 is 1. The Morgan fingerprint density at radius 2 is 1.66 bits per heavy atom. The number of carbonyl (C=O) groups excluding carboxylic acids is 2. The van der Waals surface area contributed by atoms with Crippen molar-refractivity contribution in [1.82, 2.24) is 10.2 Å². The minimum Gasteiger partial charge on any atom is -0.497 e. The minimum absolute atomic E-state index is 0.132. The van der Waals surface area contributed by atoms with Gasteiger partial charge in [0.1, 0.15) is 17.5 Å². The number of hydrogen-bond donors (Lipinski definition) is 1. The van der Waals surface area contributed by atoms with E-state index in [-0.39, 0.29) is 18.4 Å². The van der Waals surface area contributed by atoms with E-state index in [2.05, 4.69) is 27.9 Å². The monoisotopic (exact) mass is 510 g/mol. The third-order valence-electron chi connectivity index (χ3n) is 4.42. The molecular formula is C22H27IN2O4. The molecule has 0 aliphatic carbocycles. The predicted molar refractivity (Wildman–Crippen MR) is 121 cm³/mol. The maximum Gasteiger partial charge on any atom is 0.261 e. The summed E-state index contributed by atoms with van der Waals surface area (Å²) >= 11 is 2.21. The van der Waals surface area contributed by atoms with Crippen LogP contribution in [-0.4, -0.2) is 43.0 Å². The summed E-state index contributed by atoms with van der Waals surface area (Å²) in [5.74, 6) is 0.960. The molecule has 6 nitrogen and oxygen atoms in total. The van der Waals surface area contributed by atoms with E-state index >= 15 is 0 Å². The molecule has 0 bridgehead atoms. The first-order valence-electron chi connectivity index (χ1n) is 9.56. The molecule has 0 heterocycles. The quantitative estimate of drug-likeness (QED) is 0.496. The van der Waals surface area contributed by atoms with Crippen LogP contribution in [0.5, 0.6) is 11.5 Å². The van der Waals surface area contributed by atoms with Crippen molar-refractivity contribution in [1.29, 1.82) is 0 Å². The smallest absolute Gasteiger partial charge is 0.261 e. The molecule has 0 radical (unpaired) electrons. The molecule has 0 unspecified atom stereocenters. The van der Waals surface area contributed by atoms with Crippen LogP contribution in [-0.2, 0) is 16.1 Å². The van der Waals surface area contributed by atoms with E-state index in [9.17, 15) is 9.59 Å². The molecule has 0 aromatic heterocycles. The van der Waals surface area contributed by atoms with E-state index in [4.69, 9.17) is 9.47 Å². The molecule has 2 amide bonds. The van der Waals surface area contributed by atoms with Crippen LogP contribution in [0.3, 0.4) is 0 Å². The van der Waals surface area contributed by atoms with Crippen molar-refractivity contribution in [2.45, 2.75) is 32.9 Å². The molecule has 0 saturated heterocycles. The van der Waals surface area contributed by atoms with E-state index in [1.807, 2.05) is 62.4 Å². The van der Waals surface area contributed by atoms with Crippen LogP contribution in [0.25, 0.3) is 0 Å². The fourth-order valence-electron chi connectivity index (χ4n) is 2.90. The van der Waals surface area contributed by atoms with Gasteiger partial charge in [0.05, 0.1) is 7.11 Å². The third kappa shape index (κ3) is 6.92. The number of hydrogen-bond acceptors (Lipinski definition) is 4. The molecule has 0 fully saturated rings. The summed E-state index contributed by atoms with van der Waals surface area (Å²) in [4.78, 5) is 27.2. The summed E-state index contributed by atoms with van der Waals surface area (Å²) in [7, 11) is 1.61. The third-order valence-corrected chi connectivity index (χ3v) is 5.14. The van der Waals surface area contributed by atoms with E-state index in [0.29, 0.717) is 25.3 Å². The molecule has 2 aromatic rings. The van der Waals surface area contributed by atoms with Crippen molar-refractivity contribution < 1.29 is 19.1 Å². The molecule has 156 valence electrons. The Morgan fingerprint density at radius 3 is 2.21 bits per heavy atom. The maximum atomic E-state index is 13.0. The first-order chi connectivity index (χ1) is 14.0. The lowest BCUT2D eigenvalue weighted by atomic mass is 10.1. The highest BCUT2D eigenvalue weighted by molar-refractivity contribution is 14.1. The first kappa shape index (κ1) is 23.0. The number of carbonyl (C=O) groups is 2. The number of rotatable bonds is 10. The fraction of sp³-hybridized carbons (Fsp3) is 0.364. The van der Waals surface area contributed by atoms with Crippen molar-refractivity contribution in [3.63, 3.8) is 0 Å². The molecule has 0 aliphatic rings. The standard InChI is InChI=1S/C22H27IN2O4/c1-4-20(22(27)24-5-2)25(14-16-6-10-18(28-3)11-7-16)21(26)15-29-19-12-8-17(23)9-13-19/h6-13,20H,4-5,14-15H2,1-3H3,(H,24,27)/t20-/m0/s1. The molecule has 0 aliphatic heterocycles. The van der Waals surface area contributed by atoms with Crippen LogP contribution in [0.15, 0.2) is 48.5 Å². The van der Waals surface area contributed by atoms with Crippen molar-refractivity contribution >= 4 is 34.4 Å². The molecule has 7 heteroatoms. The lowest BCUT2D eigenvalue weighted by molar-refractivity contribution is -0.142. The first-order valence-corrected chi connectivity index (χ1v) is 10.6. The van der Waals surface area contributed by atoms with Crippen LogP contribution >= 0.6 is 22.6 Å². The molecule has 0 spiro atoms. The number of benzene rings is 2. The number of nitrogens with one attached hydrogen (secondary N) is 1.